The van der Waals surface area contributed by atoms with Gasteiger partial charge < -0.3 is 24.6 Å². The number of rotatable bonds is 5. The van der Waals surface area contributed by atoms with E-state index in [9.17, 15) is 14.4 Å². The minimum Gasteiger partial charge on any atom is -0.485 e. The second-order valence-corrected chi connectivity index (χ2v) is 7.77. The summed E-state index contributed by atoms with van der Waals surface area (Å²) in [6.07, 6.45) is -0.650. The van der Waals surface area contributed by atoms with E-state index in [0.717, 1.165) is 4.90 Å². The van der Waals surface area contributed by atoms with Crippen LogP contribution in [0.5, 0.6) is 11.5 Å². The number of ether oxygens (including phenoxy) is 2. The van der Waals surface area contributed by atoms with E-state index in [1.165, 1.54) is 6.92 Å². The van der Waals surface area contributed by atoms with Crippen molar-refractivity contribution in [1.82, 2.24) is 4.90 Å². The lowest BCUT2D eigenvalue weighted by Crippen LogP contribution is -3.15. The predicted octanol–water partition coefficient (Wildman–Crippen LogP) is 0.395. The zero-order valence-electron chi connectivity index (χ0n) is 17.4. The number of nitrogens with zero attached hydrogens (tertiary/aromatic N) is 1. The smallest absolute Gasteiger partial charge is 0.279 e. The first-order valence-electron chi connectivity index (χ1n) is 10.4. The van der Waals surface area contributed by atoms with E-state index in [-0.39, 0.29) is 30.7 Å². The maximum absolute atomic E-state index is 12.8. The van der Waals surface area contributed by atoms with Crippen molar-refractivity contribution in [1.29, 1.82) is 0 Å². The molecule has 0 radical (unpaired) electrons. The van der Waals surface area contributed by atoms with Crippen LogP contribution >= 0.6 is 0 Å². The topological polar surface area (TPSA) is 89.4 Å². The third-order valence-electron chi connectivity index (χ3n) is 5.56. The van der Waals surface area contributed by atoms with Crippen LogP contribution in [-0.2, 0) is 9.59 Å². The number of carbonyl (C=O) groups is 3. The summed E-state index contributed by atoms with van der Waals surface area (Å²) in [7, 11) is 0. The van der Waals surface area contributed by atoms with E-state index in [0.29, 0.717) is 48.9 Å². The maximum Gasteiger partial charge on any atom is 0.279 e. The van der Waals surface area contributed by atoms with Crippen molar-refractivity contribution in [2.45, 2.75) is 13.0 Å². The highest BCUT2D eigenvalue weighted by molar-refractivity contribution is 6.03. The number of nitrogens with one attached hydrogen (secondary N) is 2. The average molecular weight is 424 g/mol. The molecule has 1 fully saturated rings. The quantitative estimate of drug-likeness (QED) is 0.678. The highest BCUT2D eigenvalue weighted by Crippen LogP contribution is 2.31. The molecular weight excluding hydrogens is 398 g/mol. The Kier molecular flexibility index (Phi) is 6.18. The fraction of sp³-hybridized carbons (Fsp3) is 0.348. The standard InChI is InChI=1S/C23H25N3O5/c1-16(27)17-6-2-3-7-18(17)24-22(28)14-25-10-12-26(13-11-25)23(29)21-15-30-19-8-4-5-9-20(19)31-21/h2-9,21H,10-15H2,1H3,(H,24,28)/p+1/t21-/m0/s1. The Morgan fingerprint density at radius 2 is 1.71 bits per heavy atom. The molecule has 2 amide bonds. The van der Waals surface area contributed by atoms with Gasteiger partial charge in [0.2, 0.25) is 6.10 Å². The number of Topliss-reactive ketones (excluding diaryl/α,β-unsaturated/α-hetero) is 1. The van der Waals surface area contributed by atoms with E-state index < -0.39 is 6.10 Å². The number of fused-ring (bicyclic) bond motifs is 1. The lowest BCUT2D eigenvalue weighted by Gasteiger charge is -2.35. The van der Waals surface area contributed by atoms with Crippen LogP contribution in [0.25, 0.3) is 0 Å². The minimum absolute atomic E-state index is 0.0895. The number of piperazine rings is 1. The number of amides is 2. The third-order valence-corrected chi connectivity index (χ3v) is 5.56. The molecule has 2 heterocycles. The molecule has 2 aliphatic heterocycles. The monoisotopic (exact) mass is 424 g/mol. The normalized spacial score (nSPS) is 18.4. The molecule has 2 aliphatic rings. The number of quaternary nitrogens is 1. The molecule has 2 N–H and O–H groups in total. The van der Waals surface area contributed by atoms with E-state index in [1.54, 1.807) is 35.2 Å². The van der Waals surface area contributed by atoms with E-state index in [2.05, 4.69) is 5.32 Å². The second-order valence-electron chi connectivity index (χ2n) is 7.77. The van der Waals surface area contributed by atoms with Gasteiger partial charge in [-0.2, -0.15) is 0 Å². The third kappa shape index (κ3) is 4.86. The van der Waals surface area contributed by atoms with Gasteiger partial charge in [-0.1, -0.05) is 24.3 Å². The fourth-order valence-electron chi connectivity index (χ4n) is 3.89. The number of hydrogen-bond donors (Lipinski definition) is 2. The summed E-state index contributed by atoms with van der Waals surface area (Å²) in [5.74, 6) is 0.904. The lowest BCUT2D eigenvalue weighted by atomic mass is 10.1. The van der Waals surface area contributed by atoms with Crippen molar-refractivity contribution in [2.24, 2.45) is 0 Å². The molecule has 162 valence electrons. The number of benzene rings is 2. The van der Waals surface area contributed by atoms with Crippen molar-refractivity contribution in [3.63, 3.8) is 0 Å². The van der Waals surface area contributed by atoms with Crippen LogP contribution in [0.1, 0.15) is 17.3 Å². The SMILES string of the molecule is CC(=O)c1ccccc1NC(=O)C[NH+]1CCN(C(=O)[C@@H]2COc3ccccc3O2)CC1. The van der Waals surface area contributed by atoms with Gasteiger partial charge in [0.1, 0.15) is 6.61 Å². The number of para-hydroxylation sites is 3. The van der Waals surface area contributed by atoms with Crippen LogP contribution in [0.2, 0.25) is 0 Å². The highest BCUT2D eigenvalue weighted by atomic mass is 16.6. The number of carbonyl (C=O) groups excluding carboxylic acids is 3. The van der Waals surface area contributed by atoms with Gasteiger partial charge in [-0.05, 0) is 31.2 Å². The van der Waals surface area contributed by atoms with Gasteiger partial charge in [0, 0.05) is 5.56 Å². The summed E-state index contributed by atoms with van der Waals surface area (Å²) in [6, 6.07) is 14.3. The van der Waals surface area contributed by atoms with Crippen LogP contribution in [0.15, 0.2) is 48.5 Å². The van der Waals surface area contributed by atoms with Gasteiger partial charge in [0.15, 0.2) is 23.8 Å². The molecule has 1 atom stereocenters. The summed E-state index contributed by atoms with van der Waals surface area (Å²) >= 11 is 0. The molecule has 31 heavy (non-hydrogen) atoms. The molecule has 0 unspecified atom stereocenters. The first-order valence-corrected chi connectivity index (χ1v) is 10.4. The van der Waals surface area contributed by atoms with Gasteiger partial charge in [-0.25, -0.2) is 0 Å². The van der Waals surface area contributed by atoms with Crippen molar-refractivity contribution >= 4 is 23.3 Å². The van der Waals surface area contributed by atoms with Gasteiger partial charge in [-0.3, -0.25) is 14.4 Å². The lowest BCUT2D eigenvalue weighted by molar-refractivity contribution is -0.895. The Morgan fingerprint density at radius 3 is 2.45 bits per heavy atom. The summed E-state index contributed by atoms with van der Waals surface area (Å²) in [6.45, 7) is 4.38. The molecule has 0 aliphatic carbocycles. The minimum atomic E-state index is -0.650. The van der Waals surface area contributed by atoms with E-state index >= 15 is 0 Å². The second kappa shape index (κ2) is 9.18. The molecule has 4 rings (SSSR count). The van der Waals surface area contributed by atoms with Crippen LogP contribution in [0.3, 0.4) is 0 Å². The molecule has 0 aromatic heterocycles. The summed E-state index contributed by atoms with van der Waals surface area (Å²) in [5, 5.41) is 2.84. The largest absolute Gasteiger partial charge is 0.485 e. The Balaban J connectivity index is 1.27. The molecule has 0 saturated carbocycles. The van der Waals surface area contributed by atoms with Crippen molar-refractivity contribution in [3.05, 3.63) is 54.1 Å². The zero-order chi connectivity index (χ0) is 21.8. The Bertz CT molecular complexity index is 985. The molecule has 2 aromatic rings. The van der Waals surface area contributed by atoms with Crippen molar-refractivity contribution < 1.29 is 28.8 Å². The van der Waals surface area contributed by atoms with Gasteiger partial charge in [0.05, 0.1) is 31.9 Å². The van der Waals surface area contributed by atoms with Gasteiger partial charge >= 0.3 is 0 Å². The molecule has 2 aromatic carbocycles. The average Bonchev–Trinajstić information content (AvgIpc) is 2.79. The molecule has 0 spiro atoms. The summed E-state index contributed by atoms with van der Waals surface area (Å²) in [4.78, 5) is 39.9. The van der Waals surface area contributed by atoms with Crippen LogP contribution < -0.4 is 19.7 Å². The number of anilines is 1. The first-order chi connectivity index (χ1) is 15.0. The molecule has 0 bridgehead atoms. The maximum atomic E-state index is 12.8. The fourth-order valence-corrected chi connectivity index (χ4v) is 3.89. The van der Waals surface area contributed by atoms with Crippen LogP contribution in [0.4, 0.5) is 5.69 Å². The highest BCUT2D eigenvalue weighted by Gasteiger charge is 2.34. The van der Waals surface area contributed by atoms with Crippen molar-refractivity contribution in [2.75, 3.05) is 44.6 Å². The molecular formula is C23H26N3O5+. The molecule has 8 heteroatoms. The Morgan fingerprint density at radius 1 is 1.03 bits per heavy atom. The summed E-state index contributed by atoms with van der Waals surface area (Å²) < 4.78 is 11.5. The molecule has 8 nitrogen and oxygen atoms in total. The van der Waals surface area contributed by atoms with Crippen LogP contribution in [0, 0.1) is 0 Å². The van der Waals surface area contributed by atoms with Gasteiger partial charge in [-0.15, -0.1) is 0 Å². The number of hydrogen-bond acceptors (Lipinski definition) is 5. The van der Waals surface area contributed by atoms with E-state index in [1.807, 2.05) is 18.2 Å². The Labute approximate surface area is 180 Å². The Hall–Kier alpha value is -3.39. The van der Waals surface area contributed by atoms with E-state index in [4.69, 9.17) is 9.47 Å². The first kappa shape index (κ1) is 20.9. The predicted molar refractivity (Wildman–Crippen MR) is 114 cm³/mol. The van der Waals surface area contributed by atoms with Crippen LogP contribution in [-0.4, -0.2) is 67.9 Å². The number of ketones is 1. The zero-order valence-corrected chi connectivity index (χ0v) is 17.4. The van der Waals surface area contributed by atoms with Crippen molar-refractivity contribution in [3.8, 4) is 11.5 Å². The van der Waals surface area contributed by atoms with Gasteiger partial charge in [0.25, 0.3) is 11.8 Å². The summed E-state index contributed by atoms with van der Waals surface area (Å²) in [5.41, 5.74) is 1.03. The molecule has 1 saturated heterocycles.